The zero-order valence-electron chi connectivity index (χ0n) is 10.8. The van der Waals surface area contributed by atoms with Crippen molar-refractivity contribution >= 4 is 17.7 Å². The molecule has 0 bridgehead atoms. The molecular formula is C13H15N5O. The Kier molecular flexibility index (Phi) is 3.92. The quantitative estimate of drug-likeness (QED) is 0.639. The summed E-state index contributed by atoms with van der Waals surface area (Å²) >= 11 is 0. The molecule has 2 N–H and O–H groups in total. The van der Waals surface area contributed by atoms with Crippen LogP contribution in [0.5, 0.6) is 0 Å². The number of aromatic nitrogens is 2. The van der Waals surface area contributed by atoms with Crippen LogP contribution in [0.2, 0.25) is 0 Å². The fourth-order valence-electron chi connectivity index (χ4n) is 1.47. The Labute approximate surface area is 110 Å². The normalized spacial score (nSPS) is 10.6. The van der Waals surface area contributed by atoms with E-state index in [0.29, 0.717) is 5.82 Å². The van der Waals surface area contributed by atoms with Gasteiger partial charge < -0.3 is 4.90 Å². The van der Waals surface area contributed by atoms with Gasteiger partial charge in [-0.25, -0.2) is 9.78 Å². The molecule has 1 aromatic carbocycles. The van der Waals surface area contributed by atoms with E-state index in [0.717, 1.165) is 11.3 Å². The van der Waals surface area contributed by atoms with E-state index in [2.05, 4.69) is 20.5 Å². The molecule has 2 aromatic rings. The lowest BCUT2D eigenvalue weighted by molar-refractivity contribution is 1.06. The highest BCUT2D eigenvalue weighted by molar-refractivity contribution is 5.80. The van der Waals surface area contributed by atoms with Crippen LogP contribution >= 0.6 is 0 Å². The fraction of sp³-hybridized carbons (Fsp3) is 0.154. The van der Waals surface area contributed by atoms with E-state index in [4.69, 9.17) is 0 Å². The molecule has 2 rings (SSSR count). The average molecular weight is 257 g/mol. The van der Waals surface area contributed by atoms with Crippen LogP contribution in [0.1, 0.15) is 5.56 Å². The summed E-state index contributed by atoms with van der Waals surface area (Å²) in [6.45, 7) is 0. The van der Waals surface area contributed by atoms with Crippen molar-refractivity contribution in [2.45, 2.75) is 0 Å². The third kappa shape index (κ3) is 3.67. The number of benzene rings is 1. The van der Waals surface area contributed by atoms with Crippen molar-refractivity contribution in [2.24, 2.45) is 5.10 Å². The van der Waals surface area contributed by atoms with E-state index >= 15 is 0 Å². The second-order valence-corrected chi connectivity index (χ2v) is 4.14. The summed E-state index contributed by atoms with van der Waals surface area (Å²) in [4.78, 5) is 19.0. The molecule has 0 aliphatic heterocycles. The van der Waals surface area contributed by atoms with Crippen LogP contribution in [0.3, 0.4) is 0 Å². The lowest BCUT2D eigenvalue weighted by atomic mass is 10.2. The molecule has 0 aliphatic rings. The molecule has 6 heteroatoms. The molecule has 0 saturated heterocycles. The van der Waals surface area contributed by atoms with E-state index in [1.54, 1.807) is 12.3 Å². The Bertz CT molecular complexity index is 615. The highest BCUT2D eigenvalue weighted by atomic mass is 16.1. The standard InChI is InChI=1S/C13H15N5O/c1-18(2)11-5-3-10(4-6-11)9-15-17-12-7-8-14-13(19)16-12/h3-9H,1-2H3,(H2,14,16,17,19)/b15-9+. The predicted octanol–water partition coefficient (Wildman–Crippen LogP) is 1.28. The first kappa shape index (κ1) is 12.8. The summed E-state index contributed by atoms with van der Waals surface area (Å²) in [5.41, 5.74) is 4.42. The number of aromatic amines is 1. The van der Waals surface area contributed by atoms with Gasteiger partial charge in [-0.3, -0.25) is 10.4 Å². The number of hydrogen-bond donors (Lipinski definition) is 2. The highest BCUT2D eigenvalue weighted by Crippen LogP contribution is 2.10. The summed E-state index contributed by atoms with van der Waals surface area (Å²) in [6.07, 6.45) is 3.10. The summed E-state index contributed by atoms with van der Waals surface area (Å²) in [7, 11) is 3.98. The second kappa shape index (κ2) is 5.81. The molecule has 98 valence electrons. The number of H-pyrrole nitrogens is 1. The van der Waals surface area contributed by atoms with Gasteiger partial charge in [0, 0.05) is 26.0 Å². The molecule has 6 nitrogen and oxygen atoms in total. The van der Waals surface area contributed by atoms with Crippen LogP contribution in [0.15, 0.2) is 46.4 Å². The van der Waals surface area contributed by atoms with Crippen molar-refractivity contribution in [1.82, 2.24) is 9.97 Å². The lowest BCUT2D eigenvalue weighted by Crippen LogP contribution is -2.10. The van der Waals surface area contributed by atoms with Gasteiger partial charge in [0.1, 0.15) is 5.82 Å². The molecule has 0 atom stereocenters. The summed E-state index contributed by atoms with van der Waals surface area (Å²) in [5, 5.41) is 4.04. The van der Waals surface area contributed by atoms with Gasteiger partial charge in [-0.15, -0.1) is 0 Å². The van der Waals surface area contributed by atoms with Gasteiger partial charge >= 0.3 is 5.69 Å². The van der Waals surface area contributed by atoms with Gasteiger partial charge in [0.15, 0.2) is 0 Å². The SMILES string of the molecule is CN(C)c1ccc(/C=N/Nc2ccnc(=O)[nH]2)cc1. The maximum Gasteiger partial charge on any atom is 0.346 e. The smallest absolute Gasteiger partial charge is 0.346 e. The van der Waals surface area contributed by atoms with Crippen molar-refractivity contribution in [3.8, 4) is 0 Å². The third-order valence-corrected chi connectivity index (χ3v) is 2.48. The van der Waals surface area contributed by atoms with Crippen LogP contribution in [-0.4, -0.2) is 30.3 Å². The molecule has 19 heavy (non-hydrogen) atoms. The van der Waals surface area contributed by atoms with Crippen LogP contribution in [0.4, 0.5) is 11.5 Å². The molecular weight excluding hydrogens is 242 g/mol. The zero-order chi connectivity index (χ0) is 13.7. The molecule has 0 fully saturated rings. The number of hydrogen-bond acceptors (Lipinski definition) is 5. The topological polar surface area (TPSA) is 73.4 Å². The Morgan fingerprint density at radius 3 is 2.63 bits per heavy atom. The molecule has 1 aromatic heterocycles. The van der Waals surface area contributed by atoms with Crippen molar-refractivity contribution in [2.75, 3.05) is 24.4 Å². The largest absolute Gasteiger partial charge is 0.378 e. The van der Waals surface area contributed by atoms with Crippen LogP contribution in [0.25, 0.3) is 0 Å². The number of rotatable bonds is 4. The molecule has 0 radical (unpaired) electrons. The number of nitrogens with zero attached hydrogens (tertiary/aromatic N) is 3. The maximum atomic E-state index is 11.0. The second-order valence-electron chi connectivity index (χ2n) is 4.14. The van der Waals surface area contributed by atoms with E-state index in [9.17, 15) is 4.79 Å². The average Bonchev–Trinajstić information content (AvgIpc) is 2.39. The van der Waals surface area contributed by atoms with Gasteiger partial charge in [0.25, 0.3) is 0 Å². The Morgan fingerprint density at radius 1 is 1.26 bits per heavy atom. The van der Waals surface area contributed by atoms with Crippen LogP contribution < -0.4 is 16.0 Å². The summed E-state index contributed by atoms with van der Waals surface area (Å²) in [6, 6.07) is 9.59. The fourth-order valence-corrected chi connectivity index (χ4v) is 1.47. The molecule has 1 heterocycles. The van der Waals surface area contributed by atoms with E-state index in [1.165, 1.54) is 6.20 Å². The van der Waals surface area contributed by atoms with Gasteiger partial charge in [-0.05, 0) is 23.8 Å². The minimum absolute atomic E-state index is 0.407. The Hall–Kier alpha value is -2.63. The molecule has 0 aliphatic carbocycles. The van der Waals surface area contributed by atoms with Gasteiger partial charge in [0.05, 0.1) is 6.21 Å². The minimum atomic E-state index is -0.407. The molecule has 0 unspecified atom stereocenters. The summed E-state index contributed by atoms with van der Waals surface area (Å²) in [5.74, 6) is 0.501. The number of nitrogens with one attached hydrogen (secondary N) is 2. The van der Waals surface area contributed by atoms with Gasteiger partial charge in [0.2, 0.25) is 0 Å². The van der Waals surface area contributed by atoms with E-state index in [-0.39, 0.29) is 0 Å². The first-order chi connectivity index (χ1) is 9.15. The first-order valence-corrected chi connectivity index (χ1v) is 5.77. The van der Waals surface area contributed by atoms with Crippen molar-refractivity contribution < 1.29 is 0 Å². The molecule has 0 spiro atoms. The number of hydrazone groups is 1. The first-order valence-electron chi connectivity index (χ1n) is 5.77. The van der Waals surface area contributed by atoms with Gasteiger partial charge in [-0.1, -0.05) is 12.1 Å². The predicted molar refractivity (Wildman–Crippen MR) is 76.8 cm³/mol. The lowest BCUT2D eigenvalue weighted by Gasteiger charge is -2.11. The molecule has 0 amide bonds. The maximum absolute atomic E-state index is 11.0. The van der Waals surface area contributed by atoms with Crippen molar-refractivity contribution in [3.05, 3.63) is 52.6 Å². The van der Waals surface area contributed by atoms with Crippen LogP contribution in [-0.2, 0) is 0 Å². The van der Waals surface area contributed by atoms with Crippen molar-refractivity contribution in [1.29, 1.82) is 0 Å². The van der Waals surface area contributed by atoms with E-state index < -0.39 is 5.69 Å². The highest BCUT2D eigenvalue weighted by Gasteiger charge is 1.94. The zero-order valence-corrected chi connectivity index (χ0v) is 10.8. The Morgan fingerprint density at radius 2 is 2.00 bits per heavy atom. The van der Waals surface area contributed by atoms with Gasteiger partial charge in [-0.2, -0.15) is 5.10 Å². The number of anilines is 2. The monoisotopic (exact) mass is 257 g/mol. The Balaban J connectivity index is 2.01. The van der Waals surface area contributed by atoms with E-state index in [1.807, 2.05) is 43.3 Å². The third-order valence-electron chi connectivity index (χ3n) is 2.48. The molecule has 0 saturated carbocycles. The minimum Gasteiger partial charge on any atom is -0.378 e. The summed E-state index contributed by atoms with van der Waals surface area (Å²) < 4.78 is 0. The van der Waals surface area contributed by atoms with Crippen LogP contribution in [0, 0.1) is 0 Å². The van der Waals surface area contributed by atoms with Crippen molar-refractivity contribution in [3.63, 3.8) is 0 Å².